The number of rotatable bonds is 9. The fourth-order valence-electron chi connectivity index (χ4n) is 2.47. The van der Waals surface area contributed by atoms with E-state index in [0.29, 0.717) is 18.6 Å². The maximum absolute atomic E-state index is 11.5. The first-order valence-electron chi connectivity index (χ1n) is 8.59. The summed E-state index contributed by atoms with van der Waals surface area (Å²) < 4.78 is 5.88. The highest BCUT2D eigenvalue weighted by Gasteiger charge is 2.12. The zero-order valence-electron chi connectivity index (χ0n) is 14.1. The molecule has 3 N–H and O–H groups in total. The Kier molecular flexibility index (Phi) is 10.5. The molecule has 0 saturated heterocycles. The minimum absolute atomic E-state index is 0.00886. The summed E-state index contributed by atoms with van der Waals surface area (Å²) in [5.74, 6) is 0.648. The van der Waals surface area contributed by atoms with Gasteiger partial charge in [-0.05, 0) is 25.7 Å². The fourth-order valence-corrected chi connectivity index (χ4v) is 2.47. The third-order valence-electron chi connectivity index (χ3n) is 3.73. The summed E-state index contributed by atoms with van der Waals surface area (Å²) in [7, 11) is 1.71. The van der Waals surface area contributed by atoms with Gasteiger partial charge in [-0.15, -0.1) is 0 Å². The van der Waals surface area contributed by atoms with Crippen molar-refractivity contribution in [1.82, 2.24) is 16.0 Å². The van der Waals surface area contributed by atoms with Crippen LogP contribution in [0.25, 0.3) is 0 Å². The molecule has 0 atom stereocenters. The quantitative estimate of drug-likeness (QED) is 0.342. The van der Waals surface area contributed by atoms with E-state index in [2.05, 4.69) is 20.9 Å². The van der Waals surface area contributed by atoms with Crippen molar-refractivity contribution in [2.75, 3.05) is 33.3 Å². The Labute approximate surface area is 134 Å². The number of carbonyl (C=O) groups is 1. The second kappa shape index (κ2) is 12.3. The Morgan fingerprint density at radius 1 is 1.14 bits per heavy atom. The first-order valence-corrected chi connectivity index (χ1v) is 8.59. The Bertz CT molecular complexity index is 328. The van der Waals surface area contributed by atoms with Crippen LogP contribution >= 0.6 is 0 Å². The molecule has 0 spiro atoms. The Morgan fingerprint density at radius 2 is 1.91 bits per heavy atom. The van der Waals surface area contributed by atoms with Gasteiger partial charge >= 0.3 is 0 Å². The SMILES string of the molecule is CCCNC(=O)CNC(=NC)NCCCOC1CCCCC1. The summed E-state index contributed by atoms with van der Waals surface area (Å²) in [6, 6.07) is 0. The van der Waals surface area contributed by atoms with Crippen molar-refractivity contribution in [2.45, 2.75) is 58.0 Å². The van der Waals surface area contributed by atoms with Crippen LogP contribution in [0.15, 0.2) is 4.99 Å². The molecular formula is C16H32N4O2. The highest BCUT2D eigenvalue weighted by molar-refractivity contribution is 5.86. The summed E-state index contributed by atoms with van der Waals surface area (Å²) >= 11 is 0. The van der Waals surface area contributed by atoms with Crippen molar-refractivity contribution in [2.24, 2.45) is 4.99 Å². The number of amides is 1. The maximum atomic E-state index is 11.5. The molecule has 6 nitrogen and oxygen atoms in total. The molecule has 0 aliphatic heterocycles. The molecule has 6 heteroatoms. The van der Waals surface area contributed by atoms with Gasteiger partial charge in [-0.25, -0.2) is 0 Å². The van der Waals surface area contributed by atoms with Gasteiger partial charge in [0, 0.05) is 26.7 Å². The van der Waals surface area contributed by atoms with E-state index in [1.54, 1.807) is 7.05 Å². The average Bonchev–Trinajstić information content (AvgIpc) is 2.56. The van der Waals surface area contributed by atoms with E-state index >= 15 is 0 Å². The van der Waals surface area contributed by atoms with E-state index in [-0.39, 0.29) is 12.5 Å². The first-order chi connectivity index (χ1) is 10.8. The van der Waals surface area contributed by atoms with E-state index < -0.39 is 0 Å². The highest BCUT2D eigenvalue weighted by atomic mass is 16.5. The van der Waals surface area contributed by atoms with E-state index in [4.69, 9.17) is 4.74 Å². The van der Waals surface area contributed by atoms with Gasteiger partial charge < -0.3 is 20.7 Å². The Balaban J connectivity index is 2.02. The molecule has 128 valence electrons. The minimum atomic E-state index is -0.00886. The molecule has 1 fully saturated rings. The molecule has 0 aromatic rings. The summed E-state index contributed by atoms with van der Waals surface area (Å²) in [6.45, 7) is 4.57. The van der Waals surface area contributed by atoms with Crippen molar-refractivity contribution < 1.29 is 9.53 Å². The Morgan fingerprint density at radius 3 is 2.59 bits per heavy atom. The molecule has 0 radical (unpaired) electrons. The monoisotopic (exact) mass is 312 g/mol. The highest BCUT2D eigenvalue weighted by Crippen LogP contribution is 2.20. The van der Waals surface area contributed by atoms with Crippen LogP contribution in [0.5, 0.6) is 0 Å². The lowest BCUT2D eigenvalue weighted by Crippen LogP contribution is -2.43. The van der Waals surface area contributed by atoms with E-state index in [9.17, 15) is 4.79 Å². The van der Waals surface area contributed by atoms with Crippen LogP contribution < -0.4 is 16.0 Å². The maximum Gasteiger partial charge on any atom is 0.239 e. The third kappa shape index (κ3) is 8.87. The molecule has 0 aromatic carbocycles. The van der Waals surface area contributed by atoms with Crippen LogP contribution in [0, 0.1) is 0 Å². The first kappa shape index (κ1) is 18.7. The standard InChI is InChI=1S/C16H32N4O2/c1-3-10-18-15(21)13-20-16(17-2)19-11-7-12-22-14-8-5-4-6-9-14/h14H,3-13H2,1-2H3,(H,18,21)(H2,17,19,20). The topological polar surface area (TPSA) is 74.8 Å². The lowest BCUT2D eigenvalue weighted by atomic mass is 9.98. The second-order valence-electron chi connectivity index (χ2n) is 5.69. The van der Waals surface area contributed by atoms with Gasteiger partial charge in [0.1, 0.15) is 0 Å². The Hall–Kier alpha value is -1.30. The lowest BCUT2D eigenvalue weighted by Gasteiger charge is -2.22. The van der Waals surface area contributed by atoms with Crippen molar-refractivity contribution in [1.29, 1.82) is 0 Å². The summed E-state index contributed by atoms with van der Waals surface area (Å²) in [4.78, 5) is 15.6. The van der Waals surface area contributed by atoms with Gasteiger partial charge in [0.2, 0.25) is 5.91 Å². The molecule has 1 rings (SSSR count). The number of guanidine groups is 1. The molecule has 0 bridgehead atoms. The largest absolute Gasteiger partial charge is 0.378 e. The van der Waals surface area contributed by atoms with Crippen LogP contribution in [0.4, 0.5) is 0 Å². The van der Waals surface area contributed by atoms with E-state index in [0.717, 1.165) is 26.0 Å². The molecule has 1 aliphatic carbocycles. The zero-order chi connectivity index (χ0) is 16.0. The average molecular weight is 312 g/mol. The van der Waals surface area contributed by atoms with Crippen LogP contribution in [0.1, 0.15) is 51.9 Å². The van der Waals surface area contributed by atoms with Gasteiger partial charge in [0.25, 0.3) is 0 Å². The van der Waals surface area contributed by atoms with Crippen molar-refractivity contribution in [3.63, 3.8) is 0 Å². The smallest absolute Gasteiger partial charge is 0.239 e. The van der Waals surface area contributed by atoms with Gasteiger partial charge in [0.15, 0.2) is 5.96 Å². The lowest BCUT2D eigenvalue weighted by molar-refractivity contribution is -0.120. The van der Waals surface area contributed by atoms with Gasteiger partial charge in [-0.2, -0.15) is 0 Å². The molecule has 22 heavy (non-hydrogen) atoms. The van der Waals surface area contributed by atoms with Crippen molar-refractivity contribution in [3.05, 3.63) is 0 Å². The van der Waals surface area contributed by atoms with Crippen LogP contribution in [-0.2, 0) is 9.53 Å². The number of carbonyl (C=O) groups excluding carboxylic acids is 1. The molecule has 1 saturated carbocycles. The minimum Gasteiger partial charge on any atom is -0.378 e. The van der Waals surface area contributed by atoms with Crippen LogP contribution in [0.3, 0.4) is 0 Å². The summed E-state index contributed by atoms with van der Waals surface area (Å²) in [5.41, 5.74) is 0. The van der Waals surface area contributed by atoms with Gasteiger partial charge in [-0.3, -0.25) is 9.79 Å². The molecular weight excluding hydrogens is 280 g/mol. The number of ether oxygens (including phenoxy) is 1. The molecule has 0 aromatic heterocycles. The summed E-state index contributed by atoms with van der Waals surface area (Å²) in [6.07, 6.45) is 8.74. The third-order valence-corrected chi connectivity index (χ3v) is 3.73. The zero-order valence-corrected chi connectivity index (χ0v) is 14.1. The van der Waals surface area contributed by atoms with Crippen LogP contribution in [0.2, 0.25) is 0 Å². The number of nitrogens with one attached hydrogen (secondary N) is 3. The summed E-state index contributed by atoms with van der Waals surface area (Å²) in [5, 5.41) is 9.02. The predicted molar refractivity (Wildman–Crippen MR) is 90.1 cm³/mol. The number of hydrogen-bond acceptors (Lipinski definition) is 3. The van der Waals surface area contributed by atoms with Gasteiger partial charge in [0.05, 0.1) is 12.6 Å². The van der Waals surface area contributed by atoms with Crippen LogP contribution in [-0.4, -0.2) is 51.3 Å². The molecule has 1 amide bonds. The number of hydrogen-bond donors (Lipinski definition) is 3. The molecule has 0 unspecified atom stereocenters. The van der Waals surface area contributed by atoms with Crippen molar-refractivity contribution >= 4 is 11.9 Å². The number of nitrogens with zero attached hydrogens (tertiary/aromatic N) is 1. The molecule has 1 aliphatic rings. The molecule has 0 heterocycles. The fraction of sp³-hybridized carbons (Fsp3) is 0.875. The second-order valence-corrected chi connectivity index (χ2v) is 5.69. The normalized spacial score (nSPS) is 16.4. The number of aliphatic imine (C=N–C) groups is 1. The van der Waals surface area contributed by atoms with Gasteiger partial charge in [-0.1, -0.05) is 26.2 Å². The van der Waals surface area contributed by atoms with Crippen molar-refractivity contribution in [3.8, 4) is 0 Å². The predicted octanol–water partition coefficient (Wildman–Crippen LogP) is 1.42. The van der Waals surface area contributed by atoms with E-state index in [1.165, 1.54) is 32.1 Å². The van der Waals surface area contributed by atoms with E-state index in [1.807, 2.05) is 6.92 Å².